The van der Waals surface area contributed by atoms with Gasteiger partial charge in [0.05, 0.1) is 3.57 Å². The normalized spacial score (nSPS) is 13.9. The molecule has 0 aliphatic rings. The number of halogens is 2. The van der Waals surface area contributed by atoms with Crippen LogP contribution in [0.15, 0.2) is 48.5 Å². The van der Waals surface area contributed by atoms with Crippen molar-refractivity contribution in [1.82, 2.24) is 0 Å². The molecule has 19 heavy (non-hydrogen) atoms. The molecule has 2 atom stereocenters. The topological polar surface area (TPSA) is 35.2 Å². The highest BCUT2D eigenvalue weighted by Crippen LogP contribution is 2.29. The Hall–Kier alpha value is -1.14. The lowest BCUT2D eigenvalue weighted by Crippen LogP contribution is -2.30. The van der Waals surface area contributed by atoms with Crippen LogP contribution in [0.3, 0.4) is 0 Å². The number of rotatable bonds is 4. The van der Waals surface area contributed by atoms with Gasteiger partial charge in [0.25, 0.3) is 0 Å². The summed E-state index contributed by atoms with van der Waals surface area (Å²) in [5.74, 6) is 0.421. The standard InChI is InChI=1S/C15H15FINO/c1-10(18)15(11-6-2-3-7-12(11)16)19-14-9-5-4-8-13(14)17/h2-10,15H,18H2,1H3. The predicted molar refractivity (Wildman–Crippen MR) is 82.6 cm³/mol. The summed E-state index contributed by atoms with van der Waals surface area (Å²) in [7, 11) is 0. The van der Waals surface area contributed by atoms with Crippen LogP contribution in [0.5, 0.6) is 5.75 Å². The van der Waals surface area contributed by atoms with E-state index in [9.17, 15) is 4.39 Å². The molecule has 0 aliphatic heterocycles. The molecule has 0 aliphatic carbocycles. The SMILES string of the molecule is CC(N)C(Oc1ccccc1I)c1ccccc1F. The first-order chi connectivity index (χ1) is 9.09. The van der Waals surface area contributed by atoms with E-state index in [1.807, 2.05) is 31.2 Å². The van der Waals surface area contributed by atoms with Gasteiger partial charge in [0.2, 0.25) is 0 Å². The highest BCUT2D eigenvalue weighted by atomic mass is 127. The van der Waals surface area contributed by atoms with E-state index >= 15 is 0 Å². The number of benzene rings is 2. The summed E-state index contributed by atoms with van der Waals surface area (Å²) in [6.45, 7) is 1.81. The highest BCUT2D eigenvalue weighted by Gasteiger charge is 2.22. The molecule has 0 amide bonds. The van der Waals surface area contributed by atoms with Gasteiger partial charge in [0.1, 0.15) is 17.7 Å². The van der Waals surface area contributed by atoms with Gasteiger partial charge in [-0.2, -0.15) is 0 Å². The molecule has 2 aromatic carbocycles. The van der Waals surface area contributed by atoms with Gasteiger partial charge < -0.3 is 10.5 Å². The van der Waals surface area contributed by atoms with Gasteiger partial charge in [-0.15, -0.1) is 0 Å². The average molecular weight is 371 g/mol. The van der Waals surface area contributed by atoms with Crippen molar-refractivity contribution >= 4 is 22.6 Å². The summed E-state index contributed by atoms with van der Waals surface area (Å²) in [4.78, 5) is 0. The summed E-state index contributed by atoms with van der Waals surface area (Å²) >= 11 is 2.19. The van der Waals surface area contributed by atoms with Gasteiger partial charge >= 0.3 is 0 Å². The van der Waals surface area contributed by atoms with Gasteiger partial charge in [0, 0.05) is 11.6 Å². The largest absolute Gasteiger partial charge is 0.483 e. The molecule has 0 bridgehead atoms. The molecular weight excluding hydrogens is 356 g/mol. The lowest BCUT2D eigenvalue weighted by molar-refractivity contribution is 0.174. The number of hydrogen-bond donors (Lipinski definition) is 1. The summed E-state index contributed by atoms with van der Waals surface area (Å²) < 4.78 is 20.7. The third kappa shape index (κ3) is 3.45. The van der Waals surface area contributed by atoms with Crippen LogP contribution in [0.4, 0.5) is 4.39 Å². The zero-order chi connectivity index (χ0) is 13.8. The Morgan fingerprint density at radius 2 is 1.74 bits per heavy atom. The first-order valence-corrected chi connectivity index (χ1v) is 7.08. The van der Waals surface area contributed by atoms with Gasteiger partial charge in [-0.1, -0.05) is 30.3 Å². The molecule has 0 saturated heterocycles. The number of nitrogens with two attached hydrogens (primary N) is 1. The Bertz CT molecular complexity index is 559. The molecule has 4 heteroatoms. The molecular formula is C15H15FINO. The van der Waals surface area contributed by atoms with E-state index in [4.69, 9.17) is 10.5 Å². The number of para-hydroxylation sites is 1. The molecule has 0 saturated carbocycles. The van der Waals surface area contributed by atoms with Gasteiger partial charge in [-0.3, -0.25) is 0 Å². The average Bonchev–Trinajstić information content (AvgIpc) is 2.38. The molecule has 2 unspecified atom stereocenters. The van der Waals surface area contributed by atoms with Crippen molar-refractivity contribution in [2.45, 2.75) is 19.1 Å². The van der Waals surface area contributed by atoms with E-state index in [0.29, 0.717) is 11.3 Å². The molecule has 2 rings (SSSR count). The van der Waals surface area contributed by atoms with Crippen LogP contribution < -0.4 is 10.5 Å². The Morgan fingerprint density at radius 3 is 2.37 bits per heavy atom. The molecule has 2 aromatic rings. The third-order valence-electron chi connectivity index (χ3n) is 2.78. The van der Waals surface area contributed by atoms with Crippen LogP contribution in [0.25, 0.3) is 0 Å². The zero-order valence-electron chi connectivity index (χ0n) is 10.5. The lowest BCUT2D eigenvalue weighted by atomic mass is 10.0. The second-order valence-electron chi connectivity index (χ2n) is 4.35. The van der Waals surface area contributed by atoms with Crippen LogP contribution in [0.1, 0.15) is 18.6 Å². The van der Waals surface area contributed by atoms with Crippen molar-refractivity contribution in [3.05, 3.63) is 63.5 Å². The molecule has 100 valence electrons. The van der Waals surface area contributed by atoms with Crippen LogP contribution in [0, 0.1) is 9.39 Å². The first kappa shape index (κ1) is 14.3. The highest BCUT2D eigenvalue weighted by molar-refractivity contribution is 14.1. The maximum Gasteiger partial charge on any atom is 0.141 e. The van der Waals surface area contributed by atoms with Crippen molar-refractivity contribution < 1.29 is 9.13 Å². The minimum atomic E-state index is -0.503. The number of hydrogen-bond acceptors (Lipinski definition) is 2. The van der Waals surface area contributed by atoms with Gasteiger partial charge in [-0.25, -0.2) is 4.39 Å². The molecule has 2 N–H and O–H groups in total. The van der Waals surface area contributed by atoms with Gasteiger partial charge in [-0.05, 0) is 47.7 Å². The smallest absolute Gasteiger partial charge is 0.141 e. The molecule has 2 nitrogen and oxygen atoms in total. The fraction of sp³-hybridized carbons (Fsp3) is 0.200. The lowest BCUT2D eigenvalue weighted by Gasteiger charge is -2.24. The summed E-state index contributed by atoms with van der Waals surface area (Å²) in [6.07, 6.45) is -0.503. The van der Waals surface area contributed by atoms with Gasteiger partial charge in [0.15, 0.2) is 0 Å². The molecule has 0 fully saturated rings. The molecule has 0 radical (unpaired) electrons. The van der Waals surface area contributed by atoms with Crippen molar-refractivity contribution in [1.29, 1.82) is 0 Å². The number of ether oxygens (including phenoxy) is 1. The zero-order valence-corrected chi connectivity index (χ0v) is 12.7. The second-order valence-corrected chi connectivity index (χ2v) is 5.51. The van der Waals surface area contributed by atoms with Crippen LogP contribution in [-0.2, 0) is 0 Å². The quantitative estimate of drug-likeness (QED) is 0.828. The van der Waals surface area contributed by atoms with E-state index < -0.39 is 6.10 Å². The van der Waals surface area contributed by atoms with Crippen molar-refractivity contribution in [3.8, 4) is 5.75 Å². The van der Waals surface area contributed by atoms with E-state index in [1.54, 1.807) is 18.2 Å². The van der Waals surface area contributed by atoms with Crippen LogP contribution >= 0.6 is 22.6 Å². The summed E-state index contributed by atoms with van der Waals surface area (Å²) in [5, 5.41) is 0. The minimum absolute atomic E-state index is 0.296. The minimum Gasteiger partial charge on any atom is -0.483 e. The Balaban J connectivity index is 2.33. The maximum atomic E-state index is 13.9. The fourth-order valence-corrected chi connectivity index (χ4v) is 2.35. The summed E-state index contributed by atoms with van der Waals surface area (Å²) in [6, 6.07) is 13.9. The first-order valence-electron chi connectivity index (χ1n) is 6.01. The van der Waals surface area contributed by atoms with E-state index in [2.05, 4.69) is 22.6 Å². The molecule has 0 aromatic heterocycles. The second kappa shape index (κ2) is 6.34. The Kier molecular flexibility index (Phi) is 4.76. The maximum absolute atomic E-state index is 13.9. The van der Waals surface area contributed by atoms with Crippen LogP contribution in [-0.4, -0.2) is 6.04 Å². The third-order valence-corrected chi connectivity index (χ3v) is 3.67. The van der Waals surface area contributed by atoms with E-state index in [0.717, 1.165) is 3.57 Å². The van der Waals surface area contributed by atoms with Crippen molar-refractivity contribution in [3.63, 3.8) is 0 Å². The van der Waals surface area contributed by atoms with Crippen molar-refractivity contribution in [2.24, 2.45) is 5.73 Å². The van der Waals surface area contributed by atoms with E-state index in [-0.39, 0.29) is 11.9 Å². The van der Waals surface area contributed by atoms with E-state index in [1.165, 1.54) is 6.07 Å². The van der Waals surface area contributed by atoms with Crippen LogP contribution in [0.2, 0.25) is 0 Å². The summed E-state index contributed by atoms with van der Waals surface area (Å²) in [5.41, 5.74) is 6.42. The Morgan fingerprint density at radius 1 is 1.11 bits per heavy atom. The molecule has 0 spiro atoms. The predicted octanol–water partition coefficient (Wildman–Crippen LogP) is 3.90. The Labute approximate surface area is 125 Å². The fourth-order valence-electron chi connectivity index (χ4n) is 1.84. The molecule has 0 heterocycles. The van der Waals surface area contributed by atoms with Crippen molar-refractivity contribution in [2.75, 3.05) is 0 Å². The monoisotopic (exact) mass is 371 g/mol.